The van der Waals surface area contributed by atoms with Crippen LogP contribution in [0.25, 0.3) is 0 Å². The molecule has 1 aromatic rings. The van der Waals surface area contributed by atoms with Gasteiger partial charge in [0.15, 0.2) is 0 Å². The fourth-order valence-electron chi connectivity index (χ4n) is 3.74. The van der Waals surface area contributed by atoms with E-state index in [4.69, 9.17) is 4.74 Å². The van der Waals surface area contributed by atoms with Gasteiger partial charge in [0.05, 0.1) is 0 Å². The Hall–Kier alpha value is -1.88. The van der Waals surface area contributed by atoms with E-state index in [1.54, 1.807) is 13.0 Å². The minimum absolute atomic E-state index is 0.223. The molecule has 0 saturated heterocycles. The molecule has 0 radical (unpaired) electrons. The summed E-state index contributed by atoms with van der Waals surface area (Å²) in [5, 5.41) is 10.5. The van der Waals surface area contributed by atoms with Crippen molar-refractivity contribution in [2.45, 2.75) is 52.1 Å². The Morgan fingerprint density at radius 3 is 2.81 bits per heavy atom. The number of ether oxygens (including phenoxy) is 1. The zero-order valence-electron chi connectivity index (χ0n) is 13.2. The Bertz CT molecular complexity index is 671. The number of benzene rings is 1. The first-order valence-electron chi connectivity index (χ1n) is 7.58. The molecule has 21 heavy (non-hydrogen) atoms. The van der Waals surface area contributed by atoms with Gasteiger partial charge < -0.3 is 9.84 Å². The molecule has 2 aliphatic rings. The highest BCUT2D eigenvalue weighted by molar-refractivity contribution is 5.56. The Morgan fingerprint density at radius 1 is 1.33 bits per heavy atom. The predicted octanol–water partition coefficient (Wildman–Crippen LogP) is 4.37. The number of hydrogen-bond donors (Lipinski definition) is 1. The van der Waals surface area contributed by atoms with Crippen molar-refractivity contribution in [1.82, 2.24) is 0 Å². The van der Waals surface area contributed by atoms with E-state index in [9.17, 15) is 5.11 Å². The summed E-state index contributed by atoms with van der Waals surface area (Å²) in [6, 6.07) is 3.72. The number of phenols is 1. The second-order valence-corrected chi connectivity index (χ2v) is 6.67. The fraction of sp³-hybridized carbons (Fsp3) is 0.474. The maximum atomic E-state index is 10.5. The van der Waals surface area contributed by atoms with Crippen molar-refractivity contribution >= 4 is 0 Å². The van der Waals surface area contributed by atoms with E-state index in [1.165, 1.54) is 5.57 Å². The van der Waals surface area contributed by atoms with E-state index >= 15 is 0 Å². The van der Waals surface area contributed by atoms with E-state index in [0.717, 1.165) is 29.7 Å². The van der Waals surface area contributed by atoms with Gasteiger partial charge in [-0.1, -0.05) is 17.6 Å². The van der Waals surface area contributed by atoms with Gasteiger partial charge in [0.25, 0.3) is 0 Å². The average Bonchev–Trinajstić information content (AvgIpc) is 2.37. The summed E-state index contributed by atoms with van der Waals surface area (Å²) in [4.78, 5) is 0. The van der Waals surface area contributed by atoms with E-state index in [-0.39, 0.29) is 11.5 Å². The smallest absolute Gasteiger partial charge is 0.128 e. The van der Waals surface area contributed by atoms with Crippen LogP contribution >= 0.6 is 0 Å². The topological polar surface area (TPSA) is 29.5 Å². The number of aromatic hydroxyl groups is 1. The molecule has 1 aliphatic heterocycles. The number of fused-ring (bicyclic) bond motifs is 3. The molecule has 1 aromatic carbocycles. The largest absolute Gasteiger partial charge is 0.507 e. The van der Waals surface area contributed by atoms with Crippen molar-refractivity contribution in [2.75, 3.05) is 0 Å². The van der Waals surface area contributed by atoms with Crippen LogP contribution in [0.5, 0.6) is 11.5 Å². The number of allylic oxidation sites excluding steroid dienone is 2. The summed E-state index contributed by atoms with van der Waals surface area (Å²) in [5.74, 6) is 7.61. The average molecular weight is 282 g/mol. The molecule has 1 aliphatic carbocycles. The van der Waals surface area contributed by atoms with Crippen molar-refractivity contribution < 1.29 is 9.84 Å². The van der Waals surface area contributed by atoms with Gasteiger partial charge in [-0.05, 0) is 52.7 Å². The number of hydrogen-bond acceptors (Lipinski definition) is 2. The first-order valence-corrected chi connectivity index (χ1v) is 7.58. The van der Waals surface area contributed by atoms with Gasteiger partial charge in [-0.25, -0.2) is 0 Å². The lowest BCUT2D eigenvalue weighted by Crippen LogP contribution is -2.45. The third-order valence-corrected chi connectivity index (χ3v) is 4.74. The number of phenolic OH excluding ortho intramolecular Hbond substituents is 1. The molecular formula is C19H22O2. The van der Waals surface area contributed by atoms with Crippen molar-refractivity contribution in [2.24, 2.45) is 5.92 Å². The third kappa shape index (κ3) is 2.31. The molecule has 1 heterocycles. The lowest BCUT2D eigenvalue weighted by molar-refractivity contribution is 0.0108. The summed E-state index contributed by atoms with van der Waals surface area (Å²) in [6.45, 7) is 8.27. The first-order chi connectivity index (χ1) is 9.92. The lowest BCUT2D eigenvalue weighted by Gasteiger charge is -2.46. The van der Waals surface area contributed by atoms with Gasteiger partial charge in [0.1, 0.15) is 17.1 Å². The molecule has 2 nitrogen and oxygen atoms in total. The minimum atomic E-state index is -0.223. The third-order valence-electron chi connectivity index (χ3n) is 4.74. The van der Waals surface area contributed by atoms with Gasteiger partial charge in [0, 0.05) is 23.0 Å². The molecule has 0 spiro atoms. The second-order valence-electron chi connectivity index (χ2n) is 6.67. The van der Waals surface area contributed by atoms with E-state index in [2.05, 4.69) is 38.7 Å². The van der Waals surface area contributed by atoms with Gasteiger partial charge in [-0.15, -0.1) is 5.92 Å². The Kier molecular flexibility index (Phi) is 3.24. The first kappa shape index (κ1) is 14.1. The Balaban J connectivity index is 2.19. The highest BCUT2D eigenvalue weighted by Gasteiger charge is 2.45. The summed E-state index contributed by atoms with van der Waals surface area (Å²) >= 11 is 0. The highest BCUT2D eigenvalue weighted by atomic mass is 16.5. The zero-order valence-corrected chi connectivity index (χ0v) is 13.2. The van der Waals surface area contributed by atoms with Crippen molar-refractivity contribution in [3.05, 3.63) is 34.9 Å². The molecule has 0 fully saturated rings. The SMILES string of the molecule is CC#Cc1cc(O)c2c(c1)OC(C)(C)C1CCC(C)=CC21. The van der Waals surface area contributed by atoms with Crippen LogP contribution in [-0.2, 0) is 0 Å². The second kappa shape index (κ2) is 4.84. The van der Waals surface area contributed by atoms with Crippen molar-refractivity contribution in [3.8, 4) is 23.3 Å². The van der Waals surface area contributed by atoms with Crippen LogP contribution in [0.4, 0.5) is 0 Å². The summed E-state index contributed by atoms with van der Waals surface area (Å²) in [7, 11) is 0. The Labute approximate surface area is 126 Å². The molecule has 0 amide bonds. The molecule has 0 saturated carbocycles. The molecule has 3 rings (SSSR count). The fourth-order valence-corrected chi connectivity index (χ4v) is 3.74. The van der Waals surface area contributed by atoms with Crippen LogP contribution in [0, 0.1) is 17.8 Å². The van der Waals surface area contributed by atoms with Crippen LogP contribution in [-0.4, -0.2) is 10.7 Å². The predicted molar refractivity (Wildman–Crippen MR) is 84.6 cm³/mol. The molecule has 0 bridgehead atoms. The maximum absolute atomic E-state index is 10.5. The van der Waals surface area contributed by atoms with E-state index < -0.39 is 0 Å². The molecule has 2 unspecified atom stereocenters. The zero-order chi connectivity index (χ0) is 15.2. The maximum Gasteiger partial charge on any atom is 0.128 e. The highest BCUT2D eigenvalue weighted by Crippen LogP contribution is 2.53. The van der Waals surface area contributed by atoms with Gasteiger partial charge in [-0.3, -0.25) is 0 Å². The standard InChI is InChI=1S/C19H22O2/c1-5-6-13-10-16(20)18-14-9-12(2)7-8-15(14)19(3,4)21-17(18)11-13/h9-11,14-15,20H,7-8H2,1-4H3. The van der Waals surface area contributed by atoms with Crippen LogP contribution in [0.1, 0.15) is 57.6 Å². The quantitative estimate of drug-likeness (QED) is 0.565. The lowest BCUT2D eigenvalue weighted by atomic mass is 9.68. The summed E-state index contributed by atoms with van der Waals surface area (Å²) in [5.41, 5.74) is 2.91. The normalized spacial score (nSPS) is 25.6. The van der Waals surface area contributed by atoms with Crippen LogP contribution in [0.15, 0.2) is 23.8 Å². The van der Waals surface area contributed by atoms with Crippen molar-refractivity contribution in [1.29, 1.82) is 0 Å². The monoisotopic (exact) mass is 282 g/mol. The molecule has 2 heteroatoms. The van der Waals surface area contributed by atoms with Gasteiger partial charge in [0.2, 0.25) is 0 Å². The molecule has 110 valence electrons. The Morgan fingerprint density at radius 2 is 2.10 bits per heavy atom. The van der Waals surface area contributed by atoms with E-state index in [1.807, 2.05) is 6.07 Å². The van der Waals surface area contributed by atoms with Crippen molar-refractivity contribution in [3.63, 3.8) is 0 Å². The summed E-state index contributed by atoms with van der Waals surface area (Å²) < 4.78 is 6.23. The van der Waals surface area contributed by atoms with Gasteiger partial charge in [-0.2, -0.15) is 0 Å². The van der Waals surface area contributed by atoms with Crippen LogP contribution < -0.4 is 4.74 Å². The molecule has 0 aromatic heterocycles. The minimum Gasteiger partial charge on any atom is -0.507 e. The van der Waals surface area contributed by atoms with Crippen LogP contribution in [0.2, 0.25) is 0 Å². The summed E-state index contributed by atoms with van der Waals surface area (Å²) in [6.07, 6.45) is 4.53. The van der Waals surface area contributed by atoms with Crippen LogP contribution in [0.3, 0.4) is 0 Å². The molecule has 2 atom stereocenters. The molecule has 1 N–H and O–H groups in total. The van der Waals surface area contributed by atoms with E-state index in [0.29, 0.717) is 11.7 Å². The van der Waals surface area contributed by atoms with Gasteiger partial charge >= 0.3 is 0 Å². The number of rotatable bonds is 0. The molecular weight excluding hydrogens is 260 g/mol.